The van der Waals surface area contributed by atoms with Gasteiger partial charge in [-0.2, -0.15) is 0 Å². The second kappa shape index (κ2) is 17.8. The molecule has 0 aliphatic carbocycles. The summed E-state index contributed by atoms with van der Waals surface area (Å²) >= 11 is 18.1. The number of hydrogen-bond acceptors (Lipinski definition) is 10. The van der Waals surface area contributed by atoms with E-state index in [1.165, 1.54) is 0 Å². The average Bonchev–Trinajstić information content (AvgIpc) is 3.14. The van der Waals surface area contributed by atoms with Crippen molar-refractivity contribution < 1.29 is 47.4 Å². The van der Waals surface area contributed by atoms with Crippen LogP contribution in [0.5, 0.6) is 0 Å². The molecule has 5 aliphatic heterocycles. The number of nitrogens with one attached hydrogen (secondary N) is 1. The van der Waals surface area contributed by atoms with E-state index in [2.05, 4.69) is 67.6 Å². The van der Waals surface area contributed by atoms with Crippen LogP contribution in [0.4, 0.5) is 0 Å². The largest absolute Gasteiger partial charge is 0.368 e. The van der Waals surface area contributed by atoms with E-state index in [4.69, 9.17) is 77.4 Å². The molecule has 1 N–H and O–H groups in total. The first-order valence-electron chi connectivity index (χ1n) is 20.1. The minimum absolute atomic E-state index is 0.0298. The molecular formula is C41H62Cl3NO10. The summed E-state index contributed by atoms with van der Waals surface area (Å²) in [6, 6.07) is 8.87. The van der Waals surface area contributed by atoms with E-state index in [-0.39, 0.29) is 73.0 Å². The predicted octanol–water partition coefficient (Wildman–Crippen LogP) is 7.59. The Balaban J connectivity index is 1.26. The lowest BCUT2D eigenvalue weighted by atomic mass is 9.79. The Hall–Kier alpha value is -0.800. The smallest absolute Gasteiger partial charge is 0.272 e. The SMILES string of the molecule is CC1[C@H](OC2[C@H](O[C@@H]3C(C)[C@H](O[C@@H]4C(NC(=O)C(Cl)(Cl)Cl)[C@H](C)OC5COC(c6ccccc6)O[C@H]54)OC(C)[C@@H]3C)OC(C)[C@H](C)[C@@H]2C)OC(C)[C@H](C)[C@@H]1C. The van der Waals surface area contributed by atoms with Crippen LogP contribution >= 0.6 is 34.8 Å². The van der Waals surface area contributed by atoms with Crippen molar-refractivity contribution in [3.05, 3.63) is 35.9 Å². The highest BCUT2D eigenvalue weighted by atomic mass is 35.6. The minimum atomic E-state index is -2.21. The Morgan fingerprint density at radius 2 is 1.15 bits per heavy atom. The second-order valence-electron chi connectivity index (χ2n) is 17.0. The predicted molar refractivity (Wildman–Crippen MR) is 208 cm³/mol. The molecule has 312 valence electrons. The second-order valence-corrected chi connectivity index (χ2v) is 19.3. The van der Waals surface area contributed by atoms with E-state index >= 15 is 0 Å². The van der Waals surface area contributed by atoms with Gasteiger partial charge < -0.3 is 47.9 Å². The Morgan fingerprint density at radius 1 is 0.600 bits per heavy atom. The van der Waals surface area contributed by atoms with Crippen molar-refractivity contribution >= 4 is 40.7 Å². The van der Waals surface area contributed by atoms with E-state index in [9.17, 15) is 4.79 Å². The maximum Gasteiger partial charge on any atom is 0.272 e. The lowest BCUT2D eigenvalue weighted by Crippen LogP contribution is -2.68. The van der Waals surface area contributed by atoms with E-state index < -0.39 is 59.0 Å². The van der Waals surface area contributed by atoms with Crippen LogP contribution in [0, 0.1) is 41.4 Å². The van der Waals surface area contributed by atoms with Crippen LogP contribution in [0.2, 0.25) is 0 Å². The van der Waals surface area contributed by atoms with Gasteiger partial charge in [0.05, 0.1) is 43.2 Å². The van der Waals surface area contributed by atoms with Crippen molar-refractivity contribution in [2.24, 2.45) is 41.4 Å². The number of halogens is 3. The number of alkyl halides is 3. The quantitative estimate of drug-likeness (QED) is 0.263. The van der Waals surface area contributed by atoms with Gasteiger partial charge in [0.2, 0.25) is 0 Å². The van der Waals surface area contributed by atoms with Crippen LogP contribution in [-0.4, -0.2) is 96.2 Å². The molecule has 0 saturated carbocycles. The van der Waals surface area contributed by atoms with Crippen molar-refractivity contribution in [3.63, 3.8) is 0 Å². The summed E-state index contributed by atoms with van der Waals surface area (Å²) in [4.78, 5) is 13.1. The van der Waals surface area contributed by atoms with Crippen molar-refractivity contribution in [1.82, 2.24) is 5.32 Å². The molecule has 11 nitrogen and oxygen atoms in total. The highest BCUT2D eigenvalue weighted by Crippen LogP contribution is 2.44. The number of ether oxygens (including phenoxy) is 9. The summed E-state index contributed by atoms with van der Waals surface area (Å²) in [5.41, 5.74) is 0.840. The first kappa shape index (κ1) is 43.8. The molecule has 5 aliphatic rings. The zero-order valence-electron chi connectivity index (χ0n) is 33.9. The molecule has 5 heterocycles. The monoisotopic (exact) mass is 833 g/mol. The Morgan fingerprint density at radius 3 is 1.78 bits per heavy atom. The van der Waals surface area contributed by atoms with Gasteiger partial charge >= 0.3 is 0 Å². The van der Waals surface area contributed by atoms with Gasteiger partial charge in [-0.15, -0.1) is 0 Å². The van der Waals surface area contributed by atoms with Crippen molar-refractivity contribution in [3.8, 4) is 0 Å². The Labute approximate surface area is 342 Å². The van der Waals surface area contributed by atoms with Gasteiger partial charge in [-0.3, -0.25) is 4.79 Å². The number of fused-ring (bicyclic) bond motifs is 1. The van der Waals surface area contributed by atoms with Gasteiger partial charge in [0, 0.05) is 23.3 Å². The van der Waals surface area contributed by atoms with E-state index in [0.29, 0.717) is 11.8 Å². The van der Waals surface area contributed by atoms with Gasteiger partial charge in [-0.25, -0.2) is 0 Å². The summed E-state index contributed by atoms with van der Waals surface area (Å²) in [6.07, 6.45) is -5.98. The molecule has 55 heavy (non-hydrogen) atoms. The molecule has 5 fully saturated rings. The minimum Gasteiger partial charge on any atom is -0.368 e. The zero-order chi connectivity index (χ0) is 40.1. The molecule has 1 aromatic carbocycles. The summed E-state index contributed by atoms with van der Waals surface area (Å²) in [5.74, 6) is 0.289. The highest BCUT2D eigenvalue weighted by Gasteiger charge is 2.55. The normalized spacial score (nSPS) is 48.1. The lowest BCUT2D eigenvalue weighted by Gasteiger charge is -2.52. The maximum atomic E-state index is 13.1. The average molecular weight is 835 g/mol. The molecule has 0 aromatic heterocycles. The fourth-order valence-corrected chi connectivity index (χ4v) is 9.01. The molecule has 0 radical (unpaired) electrons. The van der Waals surface area contributed by atoms with Crippen LogP contribution in [0.3, 0.4) is 0 Å². The lowest BCUT2D eigenvalue weighted by molar-refractivity contribution is -0.371. The molecule has 6 rings (SSSR count). The zero-order valence-corrected chi connectivity index (χ0v) is 36.2. The van der Waals surface area contributed by atoms with Crippen LogP contribution in [-0.2, 0) is 47.4 Å². The maximum absolute atomic E-state index is 13.1. The number of rotatable bonds is 8. The number of benzene rings is 1. The number of carbonyl (C=O) groups excluding carboxylic acids is 1. The molecule has 0 spiro atoms. The van der Waals surface area contributed by atoms with Crippen LogP contribution < -0.4 is 5.32 Å². The highest BCUT2D eigenvalue weighted by molar-refractivity contribution is 6.76. The molecule has 1 amide bonds. The van der Waals surface area contributed by atoms with Crippen LogP contribution in [0.25, 0.3) is 0 Å². The van der Waals surface area contributed by atoms with Crippen LogP contribution in [0.15, 0.2) is 30.3 Å². The van der Waals surface area contributed by atoms with Gasteiger partial charge in [0.15, 0.2) is 25.2 Å². The fourth-order valence-electron chi connectivity index (χ4n) is 8.85. The van der Waals surface area contributed by atoms with E-state index in [1.54, 1.807) is 0 Å². The third-order valence-corrected chi connectivity index (χ3v) is 14.1. The van der Waals surface area contributed by atoms with Gasteiger partial charge in [0.25, 0.3) is 9.70 Å². The number of carbonyl (C=O) groups is 1. The number of hydrogen-bond donors (Lipinski definition) is 1. The molecule has 1 aromatic rings. The van der Waals surface area contributed by atoms with Gasteiger partial charge in [-0.1, -0.05) is 114 Å². The van der Waals surface area contributed by atoms with E-state index in [0.717, 1.165) is 5.56 Å². The first-order chi connectivity index (χ1) is 25.9. The Bertz CT molecular complexity index is 1420. The molecule has 5 saturated heterocycles. The van der Waals surface area contributed by atoms with Gasteiger partial charge in [0.1, 0.15) is 24.4 Å². The molecule has 21 atom stereocenters. The van der Waals surface area contributed by atoms with Crippen molar-refractivity contribution in [2.75, 3.05) is 6.61 Å². The summed E-state index contributed by atoms with van der Waals surface area (Å²) in [6.45, 7) is 23.6. The first-order valence-corrected chi connectivity index (χ1v) is 21.3. The number of amides is 1. The van der Waals surface area contributed by atoms with Gasteiger partial charge in [-0.05, 0) is 51.4 Å². The molecule has 14 heteroatoms. The fraction of sp³-hybridized carbons (Fsp3) is 0.829. The molecular weight excluding hydrogens is 773 g/mol. The van der Waals surface area contributed by atoms with Crippen LogP contribution in [0.1, 0.15) is 88.0 Å². The molecule has 0 bridgehead atoms. The summed E-state index contributed by atoms with van der Waals surface area (Å²) in [7, 11) is 0. The standard InChI is InChI=1S/C41H62Cl3NO10/c1-18-19(2)25(8)49-36(22(18)5)53-33-21(4)20(3)26(9)51-39(33)52-32-23(6)27(10)50-37(24(32)7)55-35-31(45-40(46)41(42,43)44)28(11)48-30-17-47-38(54-34(30)35)29-15-13-12-14-16-29/h12-16,18-28,30-39H,17H2,1-11H3,(H,45,46)/t18-,19+,20+,21-,22?,23-,24?,25?,26?,27?,28-,30?,31?,32-,33?,34+,35+,36-,37-,38?,39-/m0/s1. The summed E-state index contributed by atoms with van der Waals surface area (Å²) in [5, 5.41) is 2.88. The van der Waals surface area contributed by atoms with E-state index in [1.807, 2.05) is 44.2 Å². The third kappa shape index (κ3) is 9.34. The summed E-state index contributed by atoms with van der Waals surface area (Å²) < 4.78 is 57.6. The van der Waals surface area contributed by atoms with Crippen molar-refractivity contribution in [2.45, 2.75) is 166 Å². The third-order valence-electron chi connectivity index (χ3n) is 13.6. The van der Waals surface area contributed by atoms with Crippen molar-refractivity contribution in [1.29, 1.82) is 0 Å². The topological polar surface area (TPSA) is 112 Å². The molecule has 9 unspecified atom stereocenters. The Kier molecular flexibility index (Phi) is 14.2.